The number of hydrazone groups is 1. The first kappa shape index (κ1) is 12.0. The molecule has 0 saturated carbocycles. The molecule has 0 aliphatic carbocycles. The third-order valence-electron chi connectivity index (χ3n) is 3.36. The van der Waals surface area contributed by atoms with E-state index in [1.165, 1.54) is 19.3 Å². The van der Waals surface area contributed by atoms with E-state index in [1.54, 1.807) is 12.1 Å². The number of hydrogen-bond donors (Lipinski definition) is 1. The lowest BCUT2D eigenvalue weighted by atomic mass is 10.00. The number of phenols is 1. The predicted molar refractivity (Wildman–Crippen MR) is 70.3 cm³/mol. The number of hydrogen-bond acceptors (Lipinski definition) is 3. The Labute approximate surface area is 103 Å². The number of aromatic hydroxyl groups is 1. The van der Waals surface area contributed by atoms with Gasteiger partial charge < -0.3 is 5.11 Å². The molecule has 17 heavy (non-hydrogen) atoms. The molecule has 0 bridgehead atoms. The molecule has 92 valence electrons. The Balaban J connectivity index is 2.08. The summed E-state index contributed by atoms with van der Waals surface area (Å²) >= 11 is 0. The molecule has 1 aromatic carbocycles. The monoisotopic (exact) mass is 232 g/mol. The van der Waals surface area contributed by atoms with E-state index in [1.807, 2.05) is 18.3 Å². The highest BCUT2D eigenvalue weighted by molar-refractivity contribution is 5.79. The van der Waals surface area contributed by atoms with Crippen molar-refractivity contribution in [2.24, 2.45) is 5.10 Å². The predicted octanol–water partition coefficient (Wildman–Crippen LogP) is 2.99. The summed E-state index contributed by atoms with van der Waals surface area (Å²) in [4.78, 5) is 0. The van der Waals surface area contributed by atoms with Gasteiger partial charge in [0.25, 0.3) is 0 Å². The molecule has 0 aromatic heterocycles. The van der Waals surface area contributed by atoms with E-state index in [9.17, 15) is 5.11 Å². The zero-order valence-corrected chi connectivity index (χ0v) is 10.5. The molecular formula is C14H20N2O. The van der Waals surface area contributed by atoms with Crippen molar-refractivity contribution >= 4 is 6.21 Å². The second-order valence-electron chi connectivity index (χ2n) is 4.85. The third-order valence-corrected chi connectivity index (χ3v) is 3.36. The van der Waals surface area contributed by atoms with E-state index in [0.29, 0.717) is 12.1 Å². The van der Waals surface area contributed by atoms with E-state index in [0.717, 1.165) is 5.56 Å². The van der Waals surface area contributed by atoms with Crippen LogP contribution >= 0.6 is 0 Å². The van der Waals surface area contributed by atoms with Crippen LogP contribution in [0.3, 0.4) is 0 Å². The van der Waals surface area contributed by atoms with Crippen LogP contribution in [0.1, 0.15) is 38.7 Å². The molecule has 0 radical (unpaired) electrons. The fourth-order valence-electron chi connectivity index (χ4n) is 2.37. The molecule has 2 unspecified atom stereocenters. The highest BCUT2D eigenvalue weighted by Gasteiger charge is 2.22. The fraction of sp³-hybridized carbons (Fsp3) is 0.500. The molecule has 3 nitrogen and oxygen atoms in total. The van der Waals surface area contributed by atoms with E-state index < -0.39 is 0 Å². The minimum atomic E-state index is 0.286. The Bertz CT molecular complexity index is 393. The minimum Gasteiger partial charge on any atom is -0.508 e. The zero-order chi connectivity index (χ0) is 12.3. The Hall–Kier alpha value is -1.51. The zero-order valence-electron chi connectivity index (χ0n) is 10.5. The number of piperidine rings is 1. The second-order valence-corrected chi connectivity index (χ2v) is 4.85. The smallest absolute Gasteiger partial charge is 0.116 e. The van der Waals surface area contributed by atoms with Crippen LogP contribution in [0.5, 0.6) is 5.75 Å². The maximum atomic E-state index is 9.38. The summed E-state index contributed by atoms with van der Waals surface area (Å²) in [6.07, 6.45) is 5.54. The van der Waals surface area contributed by atoms with Gasteiger partial charge in [0.2, 0.25) is 0 Å². The Morgan fingerprint density at radius 3 is 2.65 bits per heavy atom. The Morgan fingerprint density at radius 1 is 1.29 bits per heavy atom. The van der Waals surface area contributed by atoms with Crippen molar-refractivity contribution in [3.8, 4) is 5.75 Å². The Kier molecular flexibility index (Phi) is 3.67. The van der Waals surface area contributed by atoms with E-state index >= 15 is 0 Å². The molecule has 1 heterocycles. The van der Waals surface area contributed by atoms with Crippen LogP contribution in [0, 0.1) is 0 Å². The molecule has 1 saturated heterocycles. The van der Waals surface area contributed by atoms with Crippen LogP contribution in [0.4, 0.5) is 0 Å². The summed E-state index contributed by atoms with van der Waals surface area (Å²) in [5.41, 5.74) is 0.940. The average Bonchev–Trinajstić information content (AvgIpc) is 2.28. The molecular weight excluding hydrogens is 212 g/mol. The number of rotatable bonds is 2. The first-order valence-electron chi connectivity index (χ1n) is 6.28. The quantitative estimate of drug-likeness (QED) is 0.796. The molecule has 1 N–H and O–H groups in total. The maximum Gasteiger partial charge on any atom is 0.116 e. The lowest BCUT2D eigenvalue weighted by molar-refractivity contribution is 0.109. The Morgan fingerprint density at radius 2 is 2.00 bits per heavy atom. The van der Waals surface area contributed by atoms with Crippen LogP contribution in [-0.4, -0.2) is 28.4 Å². The van der Waals surface area contributed by atoms with Crippen LogP contribution < -0.4 is 0 Å². The largest absolute Gasteiger partial charge is 0.508 e. The SMILES string of the molecule is CC1CCCC(C)N1N=Cc1cccc(O)c1. The van der Waals surface area contributed by atoms with Crippen LogP contribution in [0.15, 0.2) is 29.4 Å². The number of nitrogens with zero attached hydrogens (tertiary/aromatic N) is 2. The topological polar surface area (TPSA) is 35.8 Å². The van der Waals surface area contributed by atoms with Gasteiger partial charge >= 0.3 is 0 Å². The van der Waals surface area contributed by atoms with E-state index in [4.69, 9.17) is 0 Å². The van der Waals surface area contributed by atoms with Gasteiger partial charge in [0.15, 0.2) is 0 Å². The second kappa shape index (κ2) is 5.21. The maximum absolute atomic E-state index is 9.38. The number of benzene rings is 1. The summed E-state index contributed by atoms with van der Waals surface area (Å²) in [6, 6.07) is 8.19. The van der Waals surface area contributed by atoms with Crippen LogP contribution in [-0.2, 0) is 0 Å². The van der Waals surface area contributed by atoms with Gasteiger partial charge in [-0.15, -0.1) is 0 Å². The van der Waals surface area contributed by atoms with Gasteiger partial charge in [0, 0.05) is 12.1 Å². The standard InChI is InChI=1S/C14H20N2O/c1-11-5-3-6-12(2)16(11)15-10-13-7-4-8-14(17)9-13/h4,7-12,17H,3,5-6H2,1-2H3. The molecule has 1 aliphatic rings. The van der Waals surface area contributed by atoms with Gasteiger partial charge in [-0.2, -0.15) is 5.10 Å². The van der Waals surface area contributed by atoms with E-state index in [-0.39, 0.29) is 5.75 Å². The molecule has 0 spiro atoms. The van der Waals surface area contributed by atoms with Crippen LogP contribution in [0.2, 0.25) is 0 Å². The molecule has 1 fully saturated rings. The average molecular weight is 232 g/mol. The van der Waals surface area contributed by atoms with Gasteiger partial charge in [-0.3, -0.25) is 5.01 Å². The molecule has 3 heteroatoms. The summed E-state index contributed by atoms with van der Waals surface area (Å²) < 4.78 is 0. The minimum absolute atomic E-state index is 0.286. The van der Waals surface area contributed by atoms with Gasteiger partial charge in [0.05, 0.1) is 6.21 Å². The normalized spacial score (nSPS) is 25.4. The number of phenolic OH excluding ortho intramolecular Hbond substituents is 1. The first-order chi connectivity index (χ1) is 8.16. The molecule has 0 amide bonds. The summed E-state index contributed by atoms with van der Waals surface area (Å²) in [6.45, 7) is 4.44. The lowest BCUT2D eigenvalue weighted by Gasteiger charge is -2.36. The third kappa shape index (κ3) is 2.99. The molecule has 1 aliphatic heterocycles. The van der Waals surface area contributed by atoms with Crippen molar-refractivity contribution in [3.63, 3.8) is 0 Å². The van der Waals surface area contributed by atoms with Crippen LogP contribution in [0.25, 0.3) is 0 Å². The van der Waals surface area contributed by atoms with E-state index in [2.05, 4.69) is 24.0 Å². The molecule has 2 atom stereocenters. The summed E-state index contributed by atoms with van der Waals surface area (Å²) in [5, 5.41) is 16.1. The van der Waals surface area contributed by atoms with Crippen molar-refractivity contribution in [3.05, 3.63) is 29.8 Å². The summed E-state index contributed by atoms with van der Waals surface area (Å²) in [7, 11) is 0. The fourth-order valence-corrected chi connectivity index (χ4v) is 2.37. The lowest BCUT2D eigenvalue weighted by Crippen LogP contribution is -2.39. The van der Waals surface area contributed by atoms with Crippen molar-refractivity contribution < 1.29 is 5.11 Å². The highest BCUT2D eigenvalue weighted by atomic mass is 16.3. The van der Waals surface area contributed by atoms with Crippen molar-refractivity contribution in [2.75, 3.05) is 0 Å². The molecule has 2 rings (SSSR count). The van der Waals surface area contributed by atoms with Crippen molar-refractivity contribution in [2.45, 2.75) is 45.2 Å². The summed E-state index contributed by atoms with van der Waals surface area (Å²) in [5.74, 6) is 0.286. The van der Waals surface area contributed by atoms with Gasteiger partial charge in [-0.25, -0.2) is 0 Å². The van der Waals surface area contributed by atoms with Gasteiger partial charge in [-0.05, 0) is 50.8 Å². The molecule has 1 aromatic rings. The first-order valence-corrected chi connectivity index (χ1v) is 6.28. The van der Waals surface area contributed by atoms with Crippen molar-refractivity contribution in [1.29, 1.82) is 0 Å². The van der Waals surface area contributed by atoms with Crippen molar-refractivity contribution in [1.82, 2.24) is 5.01 Å². The highest BCUT2D eigenvalue weighted by Crippen LogP contribution is 2.22. The van der Waals surface area contributed by atoms with Gasteiger partial charge in [0.1, 0.15) is 5.75 Å². The van der Waals surface area contributed by atoms with Gasteiger partial charge in [-0.1, -0.05) is 12.1 Å².